The summed E-state index contributed by atoms with van der Waals surface area (Å²) in [7, 11) is -3.63. The van der Waals surface area contributed by atoms with Crippen LogP contribution in [0.3, 0.4) is 0 Å². The predicted octanol–water partition coefficient (Wildman–Crippen LogP) is 0.824. The topological polar surface area (TPSA) is 104 Å². The maximum Gasteiger partial charge on any atom is 0.335 e. The number of nitrogens with one attached hydrogen (secondary N) is 1. The number of aliphatic hydroxyl groups is 1. The Bertz CT molecular complexity index is 522. The van der Waals surface area contributed by atoms with Crippen molar-refractivity contribution in [3.05, 3.63) is 29.8 Å². The average Bonchev–Trinajstić information content (AvgIpc) is 2.34. The Morgan fingerprint density at radius 3 is 2.37 bits per heavy atom. The molecule has 1 aromatic rings. The van der Waals surface area contributed by atoms with Crippen LogP contribution >= 0.6 is 0 Å². The highest BCUT2D eigenvalue weighted by Crippen LogP contribution is 2.10. The number of benzene rings is 1. The lowest BCUT2D eigenvalue weighted by atomic mass is 10.2. The molecule has 106 valence electrons. The van der Waals surface area contributed by atoms with Gasteiger partial charge in [0.05, 0.1) is 16.6 Å². The van der Waals surface area contributed by atoms with Crippen molar-refractivity contribution in [1.82, 2.24) is 4.72 Å². The molecule has 0 heterocycles. The molecule has 0 aromatic heterocycles. The molecule has 0 bridgehead atoms. The van der Waals surface area contributed by atoms with Gasteiger partial charge in [0.2, 0.25) is 10.0 Å². The van der Waals surface area contributed by atoms with Crippen LogP contribution < -0.4 is 4.72 Å². The SMILES string of the molecule is CC(O)CCCNS(=O)(=O)c1ccc(C(=O)O)cc1. The Kier molecular flexibility index (Phi) is 5.46. The second-order valence-electron chi connectivity index (χ2n) is 4.22. The number of rotatable bonds is 7. The molecule has 0 fully saturated rings. The molecule has 0 spiro atoms. The standard InChI is InChI=1S/C12H17NO5S/c1-9(14)3-2-8-13-19(17,18)11-6-4-10(5-7-11)12(15)16/h4-7,9,13-14H,2-3,8H2,1H3,(H,15,16). The van der Waals surface area contributed by atoms with Gasteiger partial charge in [-0.1, -0.05) is 0 Å². The molecule has 0 radical (unpaired) electrons. The number of carbonyl (C=O) groups is 1. The number of aromatic carboxylic acids is 1. The van der Waals surface area contributed by atoms with Gasteiger partial charge in [-0.3, -0.25) is 0 Å². The summed E-state index contributed by atoms with van der Waals surface area (Å²) in [5, 5.41) is 17.8. The van der Waals surface area contributed by atoms with Crippen molar-refractivity contribution in [1.29, 1.82) is 0 Å². The maximum atomic E-state index is 11.8. The minimum absolute atomic E-state index is 0.0227. The average molecular weight is 287 g/mol. The van der Waals surface area contributed by atoms with E-state index in [-0.39, 0.29) is 17.0 Å². The summed E-state index contributed by atoms with van der Waals surface area (Å²) >= 11 is 0. The number of carboxylic acid groups (broad SMARTS) is 1. The highest BCUT2D eigenvalue weighted by Gasteiger charge is 2.14. The first-order chi connectivity index (χ1) is 8.83. The summed E-state index contributed by atoms with van der Waals surface area (Å²) in [6.07, 6.45) is 0.587. The minimum Gasteiger partial charge on any atom is -0.478 e. The molecular weight excluding hydrogens is 270 g/mol. The van der Waals surface area contributed by atoms with E-state index in [1.807, 2.05) is 0 Å². The van der Waals surface area contributed by atoms with Crippen molar-refractivity contribution in [2.24, 2.45) is 0 Å². The van der Waals surface area contributed by atoms with Crippen molar-refractivity contribution >= 4 is 16.0 Å². The van der Waals surface area contributed by atoms with Gasteiger partial charge in [-0.15, -0.1) is 0 Å². The number of hydrogen-bond acceptors (Lipinski definition) is 4. The van der Waals surface area contributed by atoms with Gasteiger partial charge in [0, 0.05) is 6.54 Å². The summed E-state index contributed by atoms with van der Waals surface area (Å²) in [4.78, 5) is 10.7. The van der Waals surface area contributed by atoms with Crippen LogP contribution in [0.5, 0.6) is 0 Å². The van der Waals surface area contributed by atoms with Crippen molar-refractivity contribution < 1.29 is 23.4 Å². The molecule has 7 heteroatoms. The highest BCUT2D eigenvalue weighted by atomic mass is 32.2. The quantitative estimate of drug-likeness (QED) is 0.644. The Hall–Kier alpha value is -1.44. The summed E-state index contributed by atoms with van der Waals surface area (Å²) in [6.45, 7) is 1.87. The molecule has 0 aliphatic heterocycles. The molecule has 1 atom stereocenters. The van der Waals surface area contributed by atoms with Gasteiger partial charge < -0.3 is 10.2 Å². The minimum atomic E-state index is -3.63. The maximum absolute atomic E-state index is 11.8. The zero-order chi connectivity index (χ0) is 14.5. The van der Waals surface area contributed by atoms with E-state index in [9.17, 15) is 13.2 Å². The fourth-order valence-corrected chi connectivity index (χ4v) is 2.54. The monoisotopic (exact) mass is 287 g/mol. The largest absolute Gasteiger partial charge is 0.478 e. The lowest BCUT2D eigenvalue weighted by Gasteiger charge is -2.08. The van der Waals surface area contributed by atoms with Gasteiger partial charge in [0.25, 0.3) is 0 Å². The van der Waals surface area contributed by atoms with E-state index in [1.165, 1.54) is 24.3 Å². The first kappa shape index (κ1) is 15.6. The molecule has 19 heavy (non-hydrogen) atoms. The van der Waals surface area contributed by atoms with Gasteiger partial charge >= 0.3 is 5.97 Å². The first-order valence-electron chi connectivity index (χ1n) is 5.84. The van der Waals surface area contributed by atoms with E-state index in [4.69, 9.17) is 10.2 Å². The molecule has 0 amide bonds. The normalized spacial score (nSPS) is 13.2. The van der Waals surface area contributed by atoms with E-state index < -0.39 is 22.1 Å². The molecular formula is C12H17NO5S. The molecule has 0 saturated carbocycles. The predicted molar refractivity (Wildman–Crippen MR) is 69.5 cm³/mol. The van der Waals surface area contributed by atoms with E-state index in [2.05, 4.69) is 4.72 Å². The summed E-state index contributed by atoms with van der Waals surface area (Å²) in [5.74, 6) is -1.10. The van der Waals surface area contributed by atoms with Crippen LogP contribution in [-0.4, -0.2) is 37.2 Å². The highest BCUT2D eigenvalue weighted by molar-refractivity contribution is 7.89. The van der Waals surface area contributed by atoms with Crippen molar-refractivity contribution in [3.8, 4) is 0 Å². The van der Waals surface area contributed by atoms with E-state index in [1.54, 1.807) is 6.92 Å². The molecule has 0 aliphatic rings. The first-order valence-corrected chi connectivity index (χ1v) is 7.32. The van der Waals surface area contributed by atoms with E-state index >= 15 is 0 Å². The number of hydrogen-bond donors (Lipinski definition) is 3. The zero-order valence-corrected chi connectivity index (χ0v) is 11.4. The molecule has 0 saturated heterocycles. The van der Waals surface area contributed by atoms with Crippen LogP contribution in [0.15, 0.2) is 29.2 Å². The molecule has 6 nitrogen and oxygen atoms in total. The van der Waals surface area contributed by atoms with Gasteiger partial charge in [-0.2, -0.15) is 0 Å². The second-order valence-corrected chi connectivity index (χ2v) is 5.99. The van der Waals surface area contributed by atoms with Crippen LogP contribution in [0.4, 0.5) is 0 Å². The summed E-state index contributed by atoms with van der Waals surface area (Å²) in [6, 6.07) is 4.99. The summed E-state index contributed by atoms with van der Waals surface area (Å²) in [5.41, 5.74) is 0.0352. The fourth-order valence-electron chi connectivity index (χ4n) is 1.46. The Balaban J connectivity index is 2.64. The van der Waals surface area contributed by atoms with Crippen molar-refractivity contribution in [2.45, 2.75) is 30.8 Å². The number of sulfonamides is 1. The lowest BCUT2D eigenvalue weighted by molar-refractivity contribution is 0.0696. The number of aliphatic hydroxyl groups excluding tert-OH is 1. The van der Waals surface area contributed by atoms with Crippen LogP contribution in [0, 0.1) is 0 Å². The smallest absolute Gasteiger partial charge is 0.335 e. The molecule has 0 aliphatic carbocycles. The molecule has 1 aromatic carbocycles. The molecule has 1 unspecified atom stereocenters. The lowest BCUT2D eigenvalue weighted by Crippen LogP contribution is -2.25. The third kappa shape index (κ3) is 4.98. The van der Waals surface area contributed by atoms with Crippen LogP contribution in [0.2, 0.25) is 0 Å². The van der Waals surface area contributed by atoms with Crippen LogP contribution in [-0.2, 0) is 10.0 Å². The molecule has 3 N–H and O–H groups in total. The van der Waals surface area contributed by atoms with Gasteiger partial charge in [0.15, 0.2) is 0 Å². The van der Waals surface area contributed by atoms with Crippen LogP contribution in [0.25, 0.3) is 0 Å². The fraction of sp³-hybridized carbons (Fsp3) is 0.417. The number of carboxylic acids is 1. The third-order valence-corrected chi connectivity index (χ3v) is 3.98. The third-order valence-electron chi connectivity index (χ3n) is 2.50. The van der Waals surface area contributed by atoms with Gasteiger partial charge in [-0.25, -0.2) is 17.9 Å². The summed E-state index contributed by atoms with van der Waals surface area (Å²) < 4.78 is 26.1. The molecule has 1 rings (SSSR count). The van der Waals surface area contributed by atoms with E-state index in [0.717, 1.165) is 0 Å². The Labute approximate surface area is 112 Å². The van der Waals surface area contributed by atoms with Crippen molar-refractivity contribution in [2.75, 3.05) is 6.54 Å². The zero-order valence-electron chi connectivity index (χ0n) is 10.5. The van der Waals surface area contributed by atoms with E-state index in [0.29, 0.717) is 12.8 Å². The van der Waals surface area contributed by atoms with Gasteiger partial charge in [-0.05, 0) is 44.0 Å². The Morgan fingerprint density at radius 1 is 1.32 bits per heavy atom. The van der Waals surface area contributed by atoms with Crippen LogP contribution in [0.1, 0.15) is 30.1 Å². The Morgan fingerprint density at radius 2 is 1.89 bits per heavy atom. The van der Waals surface area contributed by atoms with Crippen molar-refractivity contribution in [3.63, 3.8) is 0 Å². The second kappa shape index (κ2) is 6.65. The van der Waals surface area contributed by atoms with Gasteiger partial charge in [0.1, 0.15) is 0 Å².